The van der Waals surface area contributed by atoms with Gasteiger partial charge in [0.15, 0.2) is 0 Å². The Hall–Kier alpha value is -2.35. The summed E-state index contributed by atoms with van der Waals surface area (Å²) in [4.78, 5) is 11.7. The van der Waals surface area contributed by atoms with Crippen molar-refractivity contribution in [3.8, 4) is 16.9 Å². The molecule has 0 fully saturated rings. The summed E-state index contributed by atoms with van der Waals surface area (Å²) in [5.41, 5.74) is 3.56. The number of aryl methyl sites for hydroxylation is 1. The van der Waals surface area contributed by atoms with E-state index >= 15 is 0 Å². The van der Waals surface area contributed by atoms with E-state index in [9.17, 15) is 4.79 Å². The van der Waals surface area contributed by atoms with Crippen LogP contribution in [-0.2, 0) is 11.2 Å². The van der Waals surface area contributed by atoms with Crippen molar-refractivity contribution in [1.29, 1.82) is 0 Å². The van der Waals surface area contributed by atoms with Crippen molar-refractivity contribution < 1.29 is 9.53 Å². The Kier molecular flexibility index (Phi) is 4.36. The fourth-order valence-electron chi connectivity index (χ4n) is 1.92. The monoisotopic (exact) mass is 266 g/mol. The van der Waals surface area contributed by atoms with Crippen LogP contribution < -0.4 is 4.74 Å². The zero-order valence-corrected chi connectivity index (χ0v) is 11.8. The number of hydrogen-bond donors (Lipinski definition) is 0. The average molecular weight is 266 g/mol. The lowest BCUT2D eigenvalue weighted by Crippen LogP contribution is -2.09. The van der Waals surface area contributed by atoms with Crippen LogP contribution in [0.15, 0.2) is 60.7 Å². The molecule has 2 nitrogen and oxygen atoms in total. The van der Waals surface area contributed by atoms with E-state index in [-0.39, 0.29) is 0 Å². The van der Waals surface area contributed by atoms with Crippen molar-refractivity contribution >= 4 is 5.97 Å². The molecule has 2 aromatic carbocycles. The SMILES string of the molecule is C=C(C)C(=O)Oc1ccc(CC)cc1-c1ccccc1. The Balaban J connectivity index is 2.46. The number of carbonyl (C=O) groups excluding carboxylic acids is 1. The number of rotatable bonds is 4. The van der Waals surface area contributed by atoms with Gasteiger partial charge in [-0.15, -0.1) is 0 Å². The zero-order chi connectivity index (χ0) is 14.5. The van der Waals surface area contributed by atoms with E-state index in [0.717, 1.165) is 17.5 Å². The van der Waals surface area contributed by atoms with E-state index in [0.29, 0.717) is 11.3 Å². The highest BCUT2D eigenvalue weighted by Gasteiger charge is 2.12. The molecule has 0 aliphatic carbocycles. The second kappa shape index (κ2) is 6.20. The van der Waals surface area contributed by atoms with Crippen LogP contribution in [0.5, 0.6) is 5.75 Å². The molecular weight excluding hydrogens is 248 g/mol. The van der Waals surface area contributed by atoms with Crippen LogP contribution in [0, 0.1) is 0 Å². The quantitative estimate of drug-likeness (QED) is 0.466. The van der Waals surface area contributed by atoms with Crippen molar-refractivity contribution in [2.45, 2.75) is 20.3 Å². The van der Waals surface area contributed by atoms with Crippen LogP contribution in [0.2, 0.25) is 0 Å². The van der Waals surface area contributed by atoms with Crippen molar-refractivity contribution in [2.24, 2.45) is 0 Å². The molecule has 0 unspecified atom stereocenters. The molecule has 102 valence electrons. The minimum absolute atomic E-state index is 0.392. The first-order valence-electron chi connectivity index (χ1n) is 6.68. The second-order valence-electron chi connectivity index (χ2n) is 4.72. The molecule has 2 rings (SSSR count). The van der Waals surface area contributed by atoms with Gasteiger partial charge in [0.25, 0.3) is 0 Å². The number of esters is 1. The van der Waals surface area contributed by atoms with Gasteiger partial charge in [0.1, 0.15) is 5.75 Å². The maximum atomic E-state index is 11.7. The largest absolute Gasteiger partial charge is 0.423 e. The Labute approximate surface area is 119 Å². The first kappa shape index (κ1) is 14.1. The summed E-state index contributed by atoms with van der Waals surface area (Å²) in [6.07, 6.45) is 0.939. The Morgan fingerprint density at radius 2 is 1.85 bits per heavy atom. The van der Waals surface area contributed by atoms with Crippen LogP contribution in [0.1, 0.15) is 19.4 Å². The molecule has 0 radical (unpaired) electrons. The van der Waals surface area contributed by atoms with Gasteiger partial charge in [-0.3, -0.25) is 0 Å². The summed E-state index contributed by atoms with van der Waals surface area (Å²) in [7, 11) is 0. The van der Waals surface area contributed by atoms with Crippen molar-refractivity contribution in [3.05, 3.63) is 66.2 Å². The molecule has 0 aliphatic rings. The summed E-state index contributed by atoms with van der Waals surface area (Å²) < 4.78 is 5.42. The first-order valence-corrected chi connectivity index (χ1v) is 6.68. The normalized spacial score (nSPS) is 10.1. The average Bonchev–Trinajstić information content (AvgIpc) is 2.48. The van der Waals surface area contributed by atoms with Crippen molar-refractivity contribution in [2.75, 3.05) is 0 Å². The highest BCUT2D eigenvalue weighted by Crippen LogP contribution is 2.31. The third kappa shape index (κ3) is 3.15. The molecule has 0 saturated heterocycles. The Bertz CT molecular complexity index is 627. The molecule has 0 heterocycles. The minimum Gasteiger partial charge on any atom is -0.423 e. The van der Waals surface area contributed by atoms with Gasteiger partial charge in [0.05, 0.1) is 0 Å². The van der Waals surface area contributed by atoms with E-state index in [2.05, 4.69) is 19.6 Å². The molecule has 2 aromatic rings. The number of ether oxygens (including phenoxy) is 1. The molecule has 0 amide bonds. The van der Waals surface area contributed by atoms with Gasteiger partial charge in [-0.25, -0.2) is 4.79 Å². The molecule has 0 N–H and O–H groups in total. The van der Waals surface area contributed by atoms with Crippen LogP contribution in [0.25, 0.3) is 11.1 Å². The van der Waals surface area contributed by atoms with E-state index in [1.807, 2.05) is 42.5 Å². The summed E-state index contributed by atoms with van der Waals surface area (Å²) in [6.45, 7) is 7.36. The highest BCUT2D eigenvalue weighted by molar-refractivity contribution is 5.90. The maximum Gasteiger partial charge on any atom is 0.338 e. The van der Waals surface area contributed by atoms with Gasteiger partial charge >= 0.3 is 5.97 Å². The fraction of sp³-hybridized carbons (Fsp3) is 0.167. The van der Waals surface area contributed by atoms with Crippen molar-refractivity contribution in [1.82, 2.24) is 0 Å². The standard InChI is InChI=1S/C18H18O2/c1-4-14-10-11-17(20-18(19)13(2)3)16(12-14)15-8-6-5-7-9-15/h5-12H,2,4H2,1,3H3. The molecule has 2 heteroatoms. The summed E-state index contributed by atoms with van der Waals surface area (Å²) in [6, 6.07) is 15.8. The Morgan fingerprint density at radius 3 is 2.45 bits per heavy atom. The lowest BCUT2D eigenvalue weighted by Gasteiger charge is -2.12. The highest BCUT2D eigenvalue weighted by atomic mass is 16.5. The van der Waals surface area contributed by atoms with Crippen LogP contribution in [0.4, 0.5) is 0 Å². The molecule has 20 heavy (non-hydrogen) atoms. The van der Waals surface area contributed by atoms with Gasteiger partial charge in [-0.1, -0.05) is 49.9 Å². The van der Waals surface area contributed by atoms with E-state index in [1.165, 1.54) is 5.56 Å². The second-order valence-corrected chi connectivity index (χ2v) is 4.72. The topological polar surface area (TPSA) is 26.3 Å². The number of carbonyl (C=O) groups is 1. The lowest BCUT2D eigenvalue weighted by molar-refractivity contribution is -0.130. The van der Waals surface area contributed by atoms with Gasteiger partial charge in [0, 0.05) is 11.1 Å². The summed E-state index contributed by atoms with van der Waals surface area (Å²) in [5, 5.41) is 0. The molecule has 0 bridgehead atoms. The molecule has 0 saturated carbocycles. The first-order chi connectivity index (χ1) is 9.61. The molecule has 0 atom stereocenters. The molecular formula is C18H18O2. The van der Waals surface area contributed by atoms with Gasteiger partial charge in [0.2, 0.25) is 0 Å². The van der Waals surface area contributed by atoms with E-state index in [1.54, 1.807) is 6.92 Å². The molecule has 0 aromatic heterocycles. The smallest absolute Gasteiger partial charge is 0.338 e. The third-order valence-corrected chi connectivity index (χ3v) is 3.09. The van der Waals surface area contributed by atoms with E-state index in [4.69, 9.17) is 4.74 Å². The van der Waals surface area contributed by atoms with Crippen LogP contribution >= 0.6 is 0 Å². The minimum atomic E-state index is -0.397. The van der Waals surface area contributed by atoms with Crippen LogP contribution in [0.3, 0.4) is 0 Å². The zero-order valence-electron chi connectivity index (χ0n) is 11.8. The van der Waals surface area contributed by atoms with Gasteiger partial charge in [-0.2, -0.15) is 0 Å². The maximum absolute atomic E-state index is 11.7. The number of hydrogen-bond acceptors (Lipinski definition) is 2. The van der Waals surface area contributed by atoms with Gasteiger partial charge < -0.3 is 4.74 Å². The fourth-order valence-corrected chi connectivity index (χ4v) is 1.92. The van der Waals surface area contributed by atoms with Gasteiger partial charge in [-0.05, 0) is 36.6 Å². The third-order valence-electron chi connectivity index (χ3n) is 3.09. The lowest BCUT2D eigenvalue weighted by atomic mass is 10.0. The molecule has 0 aliphatic heterocycles. The Morgan fingerprint density at radius 1 is 1.15 bits per heavy atom. The summed E-state index contributed by atoms with van der Waals surface area (Å²) >= 11 is 0. The predicted molar refractivity (Wildman–Crippen MR) is 81.7 cm³/mol. The number of benzene rings is 2. The van der Waals surface area contributed by atoms with Crippen molar-refractivity contribution in [3.63, 3.8) is 0 Å². The molecule has 0 spiro atoms. The summed E-state index contributed by atoms with van der Waals surface area (Å²) in [5.74, 6) is 0.174. The van der Waals surface area contributed by atoms with E-state index < -0.39 is 5.97 Å². The predicted octanol–water partition coefficient (Wildman–Crippen LogP) is 4.40. The van der Waals surface area contributed by atoms with Crippen LogP contribution in [-0.4, -0.2) is 5.97 Å².